The molecule has 0 aliphatic heterocycles. The van der Waals surface area contributed by atoms with E-state index in [1.165, 1.54) is 6.33 Å². The van der Waals surface area contributed by atoms with Crippen molar-refractivity contribution in [2.24, 2.45) is 0 Å². The van der Waals surface area contributed by atoms with Gasteiger partial charge in [0.25, 0.3) is 5.71 Å². The first-order valence-corrected chi connectivity index (χ1v) is 7.51. The molecule has 0 amide bonds. The van der Waals surface area contributed by atoms with Gasteiger partial charge < -0.3 is 19.3 Å². The van der Waals surface area contributed by atoms with Crippen LogP contribution in [0.1, 0.15) is 24.3 Å². The summed E-state index contributed by atoms with van der Waals surface area (Å²) in [4.78, 5) is 20.2. The zero-order valence-electron chi connectivity index (χ0n) is 13.3. The molecular weight excluding hydrogens is 312 g/mol. The van der Waals surface area contributed by atoms with Gasteiger partial charge in [-0.25, -0.2) is 9.78 Å². The lowest BCUT2D eigenvalue weighted by molar-refractivity contribution is 0.0517. The van der Waals surface area contributed by atoms with Gasteiger partial charge in [0.2, 0.25) is 5.69 Å². The van der Waals surface area contributed by atoms with E-state index in [1.54, 1.807) is 6.92 Å². The molecule has 0 aliphatic rings. The third kappa shape index (κ3) is 2.98. The highest BCUT2D eigenvalue weighted by Gasteiger charge is 2.22. The van der Waals surface area contributed by atoms with Gasteiger partial charge in [-0.05, 0) is 26.0 Å². The largest absolute Gasteiger partial charge is 0.492 e. The highest BCUT2D eigenvalue weighted by molar-refractivity contribution is 6.05. The summed E-state index contributed by atoms with van der Waals surface area (Å²) >= 11 is 0. The van der Waals surface area contributed by atoms with E-state index in [0.29, 0.717) is 29.2 Å². The molecule has 0 aliphatic carbocycles. The Morgan fingerprint density at radius 1 is 1.21 bits per heavy atom. The Bertz CT molecular complexity index is 862. The molecule has 124 valence electrons. The molecule has 3 rings (SSSR count). The Hall–Kier alpha value is -3.16. The predicted molar refractivity (Wildman–Crippen MR) is 86.4 cm³/mol. The summed E-state index contributed by atoms with van der Waals surface area (Å²) in [6, 6.07) is 7.42. The molecule has 0 saturated carbocycles. The Labute approximate surface area is 137 Å². The van der Waals surface area contributed by atoms with Crippen LogP contribution in [0, 0.1) is 0 Å². The summed E-state index contributed by atoms with van der Waals surface area (Å²) in [6.45, 7) is 4.38. The fraction of sp³-hybridized carbons (Fsp3) is 0.250. The highest BCUT2D eigenvalue weighted by Crippen LogP contribution is 2.31. The zero-order chi connectivity index (χ0) is 16.9. The normalized spacial score (nSPS) is 10.6. The number of nitrogens with one attached hydrogen (secondary N) is 1. The molecule has 2 aromatic heterocycles. The first kappa shape index (κ1) is 15.7. The first-order chi connectivity index (χ1) is 11.7. The van der Waals surface area contributed by atoms with Crippen LogP contribution in [-0.2, 0) is 4.74 Å². The Kier molecular flexibility index (Phi) is 4.55. The molecule has 0 bridgehead atoms. The number of nitrogens with zero attached hydrogens (tertiary/aromatic N) is 3. The minimum Gasteiger partial charge on any atom is -0.492 e. The second-order valence-corrected chi connectivity index (χ2v) is 4.71. The third-order valence-corrected chi connectivity index (χ3v) is 3.18. The zero-order valence-corrected chi connectivity index (χ0v) is 13.3. The number of hydrogen-bond donors (Lipinski definition) is 1. The number of benzene rings is 1. The van der Waals surface area contributed by atoms with Gasteiger partial charge in [-0.15, -0.1) is 0 Å². The average Bonchev–Trinajstić information content (AvgIpc) is 3.02. The topological polar surface area (TPSA) is 99.4 Å². The van der Waals surface area contributed by atoms with Gasteiger partial charge in [0, 0.05) is 0 Å². The molecule has 0 fully saturated rings. The van der Waals surface area contributed by atoms with E-state index in [1.807, 2.05) is 31.2 Å². The molecule has 8 heteroatoms. The maximum atomic E-state index is 12.0. The number of carbonyl (C=O) groups is 1. The molecule has 2 heterocycles. The molecule has 0 atom stereocenters. The van der Waals surface area contributed by atoms with Crippen LogP contribution in [0.3, 0.4) is 0 Å². The van der Waals surface area contributed by atoms with Gasteiger partial charge in [0.15, 0.2) is 0 Å². The van der Waals surface area contributed by atoms with Gasteiger partial charge in [0.05, 0.1) is 18.9 Å². The van der Waals surface area contributed by atoms with Gasteiger partial charge >= 0.3 is 5.97 Å². The van der Waals surface area contributed by atoms with Gasteiger partial charge in [-0.1, -0.05) is 17.3 Å². The number of esters is 1. The van der Waals surface area contributed by atoms with E-state index in [2.05, 4.69) is 20.4 Å². The van der Waals surface area contributed by atoms with Crippen LogP contribution >= 0.6 is 0 Å². The molecule has 3 aromatic rings. The molecule has 0 spiro atoms. The number of anilines is 2. The molecule has 0 saturated heterocycles. The number of fused-ring (bicyclic) bond motifs is 1. The van der Waals surface area contributed by atoms with E-state index in [9.17, 15) is 4.79 Å². The second kappa shape index (κ2) is 6.95. The summed E-state index contributed by atoms with van der Waals surface area (Å²) in [5.41, 5.74) is 0.934. The van der Waals surface area contributed by atoms with E-state index in [4.69, 9.17) is 14.0 Å². The van der Waals surface area contributed by atoms with Crippen LogP contribution in [0.15, 0.2) is 35.1 Å². The van der Waals surface area contributed by atoms with Crippen molar-refractivity contribution in [3.05, 3.63) is 36.3 Å². The number of carbonyl (C=O) groups excluding carboxylic acids is 1. The van der Waals surface area contributed by atoms with Gasteiger partial charge in [0.1, 0.15) is 23.3 Å². The van der Waals surface area contributed by atoms with E-state index in [0.717, 1.165) is 0 Å². The molecule has 1 aromatic carbocycles. The summed E-state index contributed by atoms with van der Waals surface area (Å²) in [6.07, 6.45) is 1.33. The number of hydrogen-bond acceptors (Lipinski definition) is 8. The monoisotopic (exact) mass is 328 g/mol. The minimum atomic E-state index is -0.591. The van der Waals surface area contributed by atoms with Crippen molar-refractivity contribution in [2.75, 3.05) is 18.5 Å². The molecule has 24 heavy (non-hydrogen) atoms. The second-order valence-electron chi connectivity index (χ2n) is 4.71. The van der Waals surface area contributed by atoms with Crippen LogP contribution in [0.5, 0.6) is 5.75 Å². The minimum absolute atomic E-state index is 0.0313. The summed E-state index contributed by atoms with van der Waals surface area (Å²) < 4.78 is 15.7. The van der Waals surface area contributed by atoms with Crippen molar-refractivity contribution in [1.82, 2.24) is 15.1 Å². The molecule has 0 unspecified atom stereocenters. The maximum Gasteiger partial charge on any atom is 0.361 e. The summed E-state index contributed by atoms with van der Waals surface area (Å²) in [5, 5.41) is 7.25. The van der Waals surface area contributed by atoms with Crippen LogP contribution < -0.4 is 10.1 Å². The van der Waals surface area contributed by atoms with E-state index < -0.39 is 5.97 Å². The lowest BCUT2D eigenvalue weighted by Gasteiger charge is -2.11. The van der Waals surface area contributed by atoms with Crippen molar-refractivity contribution in [3.8, 4) is 5.75 Å². The molecule has 8 nitrogen and oxygen atoms in total. The van der Waals surface area contributed by atoms with E-state index >= 15 is 0 Å². The molecule has 1 N–H and O–H groups in total. The van der Waals surface area contributed by atoms with Crippen molar-refractivity contribution in [1.29, 1.82) is 0 Å². The van der Waals surface area contributed by atoms with E-state index in [-0.39, 0.29) is 18.0 Å². The lowest BCUT2D eigenvalue weighted by atomic mass is 10.2. The Morgan fingerprint density at radius 3 is 2.83 bits per heavy atom. The number of aromatic nitrogens is 3. The number of rotatable bonds is 6. The highest BCUT2D eigenvalue weighted by atomic mass is 16.5. The van der Waals surface area contributed by atoms with Crippen molar-refractivity contribution in [3.63, 3.8) is 0 Å². The van der Waals surface area contributed by atoms with Crippen LogP contribution in [0.2, 0.25) is 0 Å². The van der Waals surface area contributed by atoms with Crippen LogP contribution in [0.25, 0.3) is 11.1 Å². The Balaban J connectivity index is 2.04. The van der Waals surface area contributed by atoms with Crippen molar-refractivity contribution < 1.29 is 18.8 Å². The van der Waals surface area contributed by atoms with Gasteiger partial charge in [-0.2, -0.15) is 4.98 Å². The number of para-hydroxylation sites is 2. The van der Waals surface area contributed by atoms with Crippen LogP contribution in [-0.4, -0.2) is 34.3 Å². The fourth-order valence-electron chi connectivity index (χ4n) is 2.20. The Morgan fingerprint density at radius 2 is 2.04 bits per heavy atom. The standard InChI is InChI=1S/C16H16N4O4/c1-3-22-11-8-6-5-7-10(11)19-14-12-13(16(21)23-4-2)20-24-15(12)18-9-17-14/h5-9H,3-4H2,1-2H3,(H,17,18,19). The average molecular weight is 328 g/mol. The van der Waals surface area contributed by atoms with Crippen molar-refractivity contribution >= 4 is 28.6 Å². The van der Waals surface area contributed by atoms with Crippen LogP contribution in [0.4, 0.5) is 11.5 Å². The van der Waals surface area contributed by atoms with Gasteiger partial charge in [-0.3, -0.25) is 0 Å². The smallest absolute Gasteiger partial charge is 0.361 e. The predicted octanol–water partition coefficient (Wildman–Crippen LogP) is 2.94. The number of ether oxygens (including phenoxy) is 2. The fourth-order valence-corrected chi connectivity index (χ4v) is 2.20. The quantitative estimate of drug-likeness (QED) is 0.689. The first-order valence-electron chi connectivity index (χ1n) is 7.51. The van der Waals surface area contributed by atoms with Crippen molar-refractivity contribution in [2.45, 2.75) is 13.8 Å². The molecular formula is C16H16N4O4. The summed E-state index contributed by atoms with van der Waals surface area (Å²) in [7, 11) is 0. The SMILES string of the molecule is CCOC(=O)c1noc2ncnc(Nc3ccccc3OCC)c12. The maximum absolute atomic E-state index is 12.0. The molecule has 0 radical (unpaired) electrons. The third-order valence-electron chi connectivity index (χ3n) is 3.18. The summed E-state index contributed by atoms with van der Waals surface area (Å²) in [5.74, 6) is 0.463. The lowest BCUT2D eigenvalue weighted by Crippen LogP contribution is -2.07.